The Morgan fingerprint density at radius 3 is 2.29 bits per heavy atom. The number of amides is 3. The molecule has 0 spiro atoms. The molecule has 4 N–H and O–H groups in total. The summed E-state index contributed by atoms with van der Waals surface area (Å²) < 4.78 is 22.9. The van der Waals surface area contributed by atoms with E-state index in [0.29, 0.717) is 5.56 Å². The SMILES string of the molecule is C[N+](C)(C(N)=O)c1cc([CH]CC(N)=O)cc(S(C)(=O)=O)n1. The van der Waals surface area contributed by atoms with E-state index in [-0.39, 0.29) is 17.3 Å². The molecule has 8 nitrogen and oxygen atoms in total. The Balaban J connectivity index is 3.41. The summed E-state index contributed by atoms with van der Waals surface area (Å²) in [6.45, 7) is 0. The van der Waals surface area contributed by atoms with Crippen molar-refractivity contribution < 1.29 is 18.0 Å². The average Bonchev–Trinajstić information content (AvgIpc) is 2.34. The number of sulfone groups is 1. The zero-order valence-electron chi connectivity index (χ0n) is 12.0. The molecular weight excluding hydrogens is 296 g/mol. The quantitative estimate of drug-likeness (QED) is 0.711. The Morgan fingerprint density at radius 1 is 1.29 bits per heavy atom. The smallest absolute Gasteiger partial charge is 0.370 e. The van der Waals surface area contributed by atoms with Crippen molar-refractivity contribution >= 4 is 27.6 Å². The van der Waals surface area contributed by atoms with Crippen molar-refractivity contribution in [2.45, 2.75) is 11.4 Å². The van der Waals surface area contributed by atoms with Crippen LogP contribution in [0.25, 0.3) is 0 Å². The van der Waals surface area contributed by atoms with Gasteiger partial charge in [0.25, 0.3) is 0 Å². The van der Waals surface area contributed by atoms with Crippen molar-refractivity contribution in [2.24, 2.45) is 11.5 Å². The Labute approximate surface area is 123 Å². The Morgan fingerprint density at radius 2 is 1.86 bits per heavy atom. The number of carbonyl (C=O) groups excluding carboxylic acids is 2. The fraction of sp³-hybridized carbons (Fsp3) is 0.333. The Kier molecular flexibility index (Phi) is 4.69. The number of hydrogen-bond donors (Lipinski definition) is 2. The summed E-state index contributed by atoms with van der Waals surface area (Å²) >= 11 is 0. The van der Waals surface area contributed by atoms with Gasteiger partial charge in [0.1, 0.15) is 0 Å². The number of urea groups is 1. The Hall–Kier alpha value is -2.00. The van der Waals surface area contributed by atoms with Crippen LogP contribution in [0.3, 0.4) is 0 Å². The third-order valence-corrected chi connectivity index (χ3v) is 3.82. The number of rotatable bonds is 5. The van der Waals surface area contributed by atoms with Crippen LogP contribution in [0, 0.1) is 6.42 Å². The van der Waals surface area contributed by atoms with Gasteiger partial charge in [0.05, 0.1) is 14.1 Å². The molecule has 0 aliphatic rings. The zero-order valence-corrected chi connectivity index (χ0v) is 12.8. The summed E-state index contributed by atoms with van der Waals surface area (Å²) in [6, 6.07) is 2.10. The summed E-state index contributed by atoms with van der Waals surface area (Å²) in [4.78, 5) is 26.3. The first-order valence-corrected chi connectivity index (χ1v) is 7.82. The van der Waals surface area contributed by atoms with E-state index in [4.69, 9.17) is 11.5 Å². The van der Waals surface area contributed by atoms with E-state index < -0.39 is 26.3 Å². The number of aromatic nitrogens is 1. The lowest BCUT2D eigenvalue weighted by Crippen LogP contribution is -2.50. The number of primary amides is 2. The van der Waals surface area contributed by atoms with Crippen LogP contribution >= 0.6 is 0 Å². The second-order valence-electron chi connectivity index (χ2n) is 5.04. The van der Waals surface area contributed by atoms with Crippen LogP contribution < -0.4 is 16.0 Å². The average molecular weight is 314 g/mol. The molecule has 0 aliphatic carbocycles. The molecule has 0 aliphatic heterocycles. The second kappa shape index (κ2) is 5.78. The lowest BCUT2D eigenvalue weighted by molar-refractivity contribution is -0.117. The van der Waals surface area contributed by atoms with E-state index in [2.05, 4.69) is 4.98 Å². The van der Waals surface area contributed by atoms with Gasteiger partial charge >= 0.3 is 6.03 Å². The van der Waals surface area contributed by atoms with Gasteiger partial charge in [-0.1, -0.05) is 0 Å². The predicted molar refractivity (Wildman–Crippen MR) is 77.8 cm³/mol. The molecule has 21 heavy (non-hydrogen) atoms. The second-order valence-corrected chi connectivity index (χ2v) is 7.00. The van der Waals surface area contributed by atoms with Gasteiger partial charge in [-0.05, 0) is 11.6 Å². The minimum absolute atomic E-state index is 0.0589. The van der Waals surface area contributed by atoms with Crippen molar-refractivity contribution in [3.8, 4) is 0 Å². The van der Waals surface area contributed by atoms with Gasteiger partial charge in [-0.25, -0.2) is 13.2 Å². The molecule has 1 rings (SSSR count). The topological polar surface area (TPSA) is 133 Å². The number of nitrogens with zero attached hydrogens (tertiary/aromatic N) is 2. The van der Waals surface area contributed by atoms with Crippen molar-refractivity contribution in [1.29, 1.82) is 0 Å². The van der Waals surface area contributed by atoms with Gasteiger partial charge in [0, 0.05) is 25.2 Å². The first kappa shape index (κ1) is 17.1. The minimum atomic E-state index is -3.58. The molecule has 0 fully saturated rings. The fourth-order valence-corrected chi connectivity index (χ4v) is 2.05. The van der Waals surface area contributed by atoms with Gasteiger partial charge in [-0.3, -0.25) is 4.79 Å². The van der Waals surface area contributed by atoms with E-state index in [1.54, 1.807) is 0 Å². The molecule has 1 radical (unpaired) electrons. The summed E-state index contributed by atoms with van der Waals surface area (Å²) in [5.74, 6) is -0.404. The third-order valence-electron chi connectivity index (χ3n) is 2.85. The van der Waals surface area contributed by atoms with E-state index in [1.807, 2.05) is 0 Å². The molecule has 9 heteroatoms. The van der Waals surface area contributed by atoms with Crippen LogP contribution in [0.5, 0.6) is 0 Å². The molecule has 0 saturated heterocycles. The van der Waals surface area contributed by atoms with Gasteiger partial charge in [-0.2, -0.15) is 9.47 Å². The summed E-state index contributed by atoms with van der Waals surface area (Å²) in [5, 5.41) is -0.205. The van der Waals surface area contributed by atoms with Crippen molar-refractivity contribution in [2.75, 3.05) is 20.4 Å². The van der Waals surface area contributed by atoms with Gasteiger partial charge in [0.2, 0.25) is 11.7 Å². The molecule has 0 aromatic carbocycles. The molecule has 1 aromatic heterocycles. The summed E-state index contributed by atoms with van der Waals surface area (Å²) in [7, 11) is -0.620. The number of hydrogen-bond acceptors (Lipinski definition) is 5. The third kappa shape index (κ3) is 4.23. The zero-order chi connectivity index (χ0) is 16.4. The molecule has 0 atom stereocenters. The van der Waals surface area contributed by atoms with Crippen LogP contribution in [-0.2, 0) is 14.6 Å². The minimum Gasteiger partial charge on any atom is -0.370 e. The summed E-state index contributed by atoms with van der Waals surface area (Å²) in [6.07, 6.45) is 2.40. The first-order chi connectivity index (χ1) is 9.44. The van der Waals surface area contributed by atoms with E-state index >= 15 is 0 Å². The normalized spacial score (nSPS) is 12.1. The number of carbonyl (C=O) groups is 2. The molecule has 3 amide bonds. The van der Waals surface area contributed by atoms with Crippen molar-refractivity contribution in [1.82, 2.24) is 9.47 Å². The summed E-state index contributed by atoms with van der Waals surface area (Å²) in [5.41, 5.74) is 10.8. The standard InChI is InChI=1S/C12H17N4O4S/c1-16(2,12(14)18)10-6-8(4-5-9(13)17)7-11(15-10)21(3,19)20/h4,6-7H,5H2,1-3H3,(H3-,13,14,17,18)/p+1. The predicted octanol–water partition coefficient (Wildman–Crippen LogP) is -0.442. The van der Waals surface area contributed by atoms with Crippen LogP contribution in [-0.4, -0.2) is 45.7 Å². The van der Waals surface area contributed by atoms with E-state index in [9.17, 15) is 18.0 Å². The molecular formula is C12H18N4O4S+. The molecule has 1 heterocycles. The van der Waals surface area contributed by atoms with E-state index in [0.717, 1.165) is 6.26 Å². The lowest BCUT2D eigenvalue weighted by Gasteiger charge is -2.23. The largest absolute Gasteiger partial charge is 0.419 e. The highest BCUT2D eigenvalue weighted by Crippen LogP contribution is 2.22. The maximum Gasteiger partial charge on any atom is 0.419 e. The number of quaternary nitrogens is 1. The Bertz CT molecular complexity index is 682. The molecule has 1 aromatic rings. The highest BCUT2D eigenvalue weighted by atomic mass is 32.2. The fourth-order valence-electron chi connectivity index (χ4n) is 1.44. The molecule has 0 saturated carbocycles. The van der Waals surface area contributed by atoms with Gasteiger partial charge < -0.3 is 11.5 Å². The molecule has 115 valence electrons. The van der Waals surface area contributed by atoms with Crippen molar-refractivity contribution in [3.05, 3.63) is 24.1 Å². The maximum absolute atomic E-state index is 11.7. The highest BCUT2D eigenvalue weighted by Gasteiger charge is 2.30. The number of nitrogens with two attached hydrogens (primary N) is 2. The monoisotopic (exact) mass is 314 g/mol. The number of pyridine rings is 1. The van der Waals surface area contributed by atoms with Crippen LogP contribution in [0.15, 0.2) is 17.2 Å². The van der Waals surface area contributed by atoms with Gasteiger partial charge in [-0.15, -0.1) is 0 Å². The van der Waals surface area contributed by atoms with E-state index in [1.165, 1.54) is 32.6 Å². The van der Waals surface area contributed by atoms with Crippen molar-refractivity contribution in [3.63, 3.8) is 0 Å². The first-order valence-electron chi connectivity index (χ1n) is 5.93. The highest BCUT2D eigenvalue weighted by molar-refractivity contribution is 7.90. The molecule has 0 unspecified atom stereocenters. The van der Waals surface area contributed by atoms with Gasteiger partial charge in [0.15, 0.2) is 14.9 Å². The lowest BCUT2D eigenvalue weighted by atomic mass is 10.1. The van der Waals surface area contributed by atoms with Crippen LogP contribution in [0.2, 0.25) is 0 Å². The van der Waals surface area contributed by atoms with Crippen LogP contribution in [0.1, 0.15) is 12.0 Å². The maximum atomic E-state index is 11.7. The van der Waals surface area contributed by atoms with Crippen LogP contribution in [0.4, 0.5) is 10.6 Å². The molecule has 0 bridgehead atoms.